The van der Waals surface area contributed by atoms with Crippen molar-refractivity contribution in [1.82, 2.24) is 14.9 Å². The fourth-order valence-corrected chi connectivity index (χ4v) is 2.91. The van der Waals surface area contributed by atoms with Crippen LogP contribution in [0.3, 0.4) is 0 Å². The van der Waals surface area contributed by atoms with Crippen molar-refractivity contribution >= 4 is 29.0 Å². The molecule has 120 valence electrons. The molecule has 23 heavy (non-hydrogen) atoms. The zero-order chi connectivity index (χ0) is 16.4. The van der Waals surface area contributed by atoms with Crippen LogP contribution in [-0.2, 0) is 17.8 Å². The first-order chi connectivity index (χ1) is 11.1. The zero-order valence-electron chi connectivity index (χ0n) is 12.4. The van der Waals surface area contributed by atoms with Gasteiger partial charge >= 0.3 is 5.97 Å². The number of carboxylic acids is 1. The Morgan fingerprint density at radius 1 is 1.52 bits per heavy atom. The van der Waals surface area contributed by atoms with Gasteiger partial charge in [-0.2, -0.15) is 0 Å². The molecule has 0 bridgehead atoms. The second-order valence-electron chi connectivity index (χ2n) is 5.14. The molecule has 7 nitrogen and oxygen atoms in total. The number of hydrogen-bond donors (Lipinski definition) is 3. The minimum atomic E-state index is -0.928. The minimum absolute atomic E-state index is 0.307. The van der Waals surface area contributed by atoms with E-state index in [1.807, 2.05) is 24.3 Å². The fourth-order valence-electron chi connectivity index (χ4n) is 2.60. The number of imidazole rings is 1. The number of aromatic nitrogens is 2. The van der Waals surface area contributed by atoms with Crippen LogP contribution in [0, 0.1) is 0 Å². The summed E-state index contributed by atoms with van der Waals surface area (Å²) < 4.78 is 5.28. The second-order valence-corrected chi connectivity index (χ2v) is 5.53. The molecule has 1 aromatic heterocycles. The van der Waals surface area contributed by atoms with Crippen LogP contribution < -0.4 is 10.1 Å². The molecule has 1 atom stereocenters. The predicted octanol–water partition coefficient (Wildman–Crippen LogP) is 1.63. The molecular formula is C15H16N4O3S. The molecule has 2 heterocycles. The van der Waals surface area contributed by atoms with E-state index in [9.17, 15) is 9.90 Å². The zero-order valence-corrected chi connectivity index (χ0v) is 13.3. The number of carbonyl (C=O) groups is 1. The first-order valence-electron chi connectivity index (χ1n) is 7.04. The van der Waals surface area contributed by atoms with Crippen LogP contribution in [0.25, 0.3) is 0 Å². The number of aliphatic carboxylic acids is 1. The van der Waals surface area contributed by atoms with Crippen LogP contribution in [0.1, 0.15) is 11.4 Å². The highest BCUT2D eigenvalue weighted by molar-refractivity contribution is 7.80. The SMILES string of the molecule is COc1ccccc1NC(=S)N1Cc2[nH]cnc2CC1C(=O)O. The van der Waals surface area contributed by atoms with Gasteiger partial charge in [-0.05, 0) is 24.4 Å². The molecule has 0 saturated heterocycles. The van der Waals surface area contributed by atoms with E-state index in [0.717, 1.165) is 11.4 Å². The standard InChI is InChI=1S/C15H16N4O3S/c1-22-13-5-3-2-4-9(13)18-15(23)19-7-11-10(16-8-17-11)6-12(19)14(20)21/h2-5,8,12H,6-7H2,1H3,(H,16,17)(H,18,23)(H,20,21). The maximum atomic E-state index is 11.6. The van der Waals surface area contributed by atoms with Gasteiger partial charge in [0.15, 0.2) is 5.11 Å². The topological polar surface area (TPSA) is 90.5 Å². The van der Waals surface area contributed by atoms with E-state index in [2.05, 4.69) is 15.3 Å². The first-order valence-corrected chi connectivity index (χ1v) is 7.45. The first kappa shape index (κ1) is 15.3. The van der Waals surface area contributed by atoms with Gasteiger partial charge in [-0.3, -0.25) is 0 Å². The lowest BCUT2D eigenvalue weighted by atomic mass is 10.0. The molecule has 8 heteroatoms. The number of nitrogens with one attached hydrogen (secondary N) is 2. The normalized spacial score (nSPS) is 16.6. The highest BCUT2D eigenvalue weighted by Gasteiger charge is 2.34. The van der Waals surface area contributed by atoms with Crippen LogP contribution >= 0.6 is 12.2 Å². The maximum Gasteiger partial charge on any atom is 0.326 e. The molecule has 1 aromatic carbocycles. The van der Waals surface area contributed by atoms with Crippen molar-refractivity contribution in [3.05, 3.63) is 42.0 Å². The van der Waals surface area contributed by atoms with Gasteiger partial charge in [-0.15, -0.1) is 0 Å². The number of rotatable bonds is 3. The van der Waals surface area contributed by atoms with Gasteiger partial charge in [-0.25, -0.2) is 9.78 Å². The van der Waals surface area contributed by atoms with Crippen LogP contribution in [0.2, 0.25) is 0 Å². The number of H-pyrrole nitrogens is 1. The van der Waals surface area contributed by atoms with Gasteiger partial charge < -0.3 is 25.0 Å². The predicted molar refractivity (Wildman–Crippen MR) is 88.5 cm³/mol. The molecule has 0 aliphatic carbocycles. The summed E-state index contributed by atoms with van der Waals surface area (Å²) >= 11 is 5.42. The maximum absolute atomic E-state index is 11.6. The van der Waals surface area contributed by atoms with E-state index in [-0.39, 0.29) is 0 Å². The van der Waals surface area contributed by atoms with Crippen LogP contribution in [0.15, 0.2) is 30.6 Å². The van der Waals surface area contributed by atoms with Gasteiger partial charge in [0, 0.05) is 6.42 Å². The van der Waals surface area contributed by atoms with Crippen molar-refractivity contribution < 1.29 is 14.6 Å². The number of methoxy groups -OCH3 is 1. The van der Waals surface area contributed by atoms with Crippen LogP contribution in [0.4, 0.5) is 5.69 Å². The van der Waals surface area contributed by atoms with Crippen molar-refractivity contribution in [2.24, 2.45) is 0 Å². The van der Waals surface area contributed by atoms with Gasteiger partial charge in [0.05, 0.1) is 37.1 Å². The van der Waals surface area contributed by atoms with E-state index < -0.39 is 12.0 Å². The Kier molecular flexibility index (Phi) is 4.16. The smallest absolute Gasteiger partial charge is 0.326 e. The van der Waals surface area contributed by atoms with Gasteiger partial charge in [0.25, 0.3) is 0 Å². The second kappa shape index (κ2) is 6.25. The number of ether oxygens (including phenoxy) is 1. The number of carboxylic acid groups (broad SMARTS) is 1. The summed E-state index contributed by atoms with van der Waals surface area (Å²) in [5.41, 5.74) is 2.35. The minimum Gasteiger partial charge on any atom is -0.495 e. The number of anilines is 1. The number of fused-ring (bicyclic) bond motifs is 1. The lowest BCUT2D eigenvalue weighted by Gasteiger charge is -2.34. The molecule has 2 aromatic rings. The molecule has 1 aliphatic heterocycles. The lowest BCUT2D eigenvalue weighted by molar-refractivity contribution is -0.142. The van der Waals surface area contributed by atoms with Crippen molar-refractivity contribution in [2.45, 2.75) is 19.0 Å². The average Bonchev–Trinajstić information content (AvgIpc) is 3.01. The largest absolute Gasteiger partial charge is 0.495 e. The third-order valence-electron chi connectivity index (χ3n) is 3.79. The molecule has 0 fully saturated rings. The molecule has 3 N–H and O–H groups in total. The molecule has 0 saturated carbocycles. The third-order valence-corrected chi connectivity index (χ3v) is 4.13. The third kappa shape index (κ3) is 2.98. The fraction of sp³-hybridized carbons (Fsp3) is 0.267. The van der Waals surface area contributed by atoms with Crippen molar-refractivity contribution in [3.63, 3.8) is 0 Å². The number of hydrogen-bond acceptors (Lipinski definition) is 4. The summed E-state index contributed by atoms with van der Waals surface area (Å²) in [6, 6.07) is 6.59. The number of thiocarbonyl (C=S) groups is 1. The summed E-state index contributed by atoms with van der Waals surface area (Å²) in [4.78, 5) is 20.4. The molecule has 3 rings (SSSR count). The van der Waals surface area contributed by atoms with Crippen molar-refractivity contribution in [2.75, 3.05) is 12.4 Å². The Morgan fingerprint density at radius 3 is 3.04 bits per heavy atom. The van der Waals surface area contributed by atoms with E-state index in [1.165, 1.54) is 0 Å². The molecule has 1 unspecified atom stereocenters. The van der Waals surface area contributed by atoms with Crippen LogP contribution in [0.5, 0.6) is 5.75 Å². The van der Waals surface area contributed by atoms with E-state index in [0.29, 0.717) is 29.5 Å². The number of aromatic amines is 1. The summed E-state index contributed by atoms with van der Waals surface area (Å²) in [5, 5.41) is 12.9. The summed E-state index contributed by atoms with van der Waals surface area (Å²) in [7, 11) is 1.57. The molecule has 1 aliphatic rings. The van der Waals surface area contributed by atoms with Gasteiger partial charge in [-0.1, -0.05) is 12.1 Å². The highest BCUT2D eigenvalue weighted by Crippen LogP contribution is 2.26. The Balaban J connectivity index is 1.84. The molecule has 0 amide bonds. The number of nitrogens with zero attached hydrogens (tertiary/aromatic N) is 2. The monoisotopic (exact) mass is 332 g/mol. The molecule has 0 radical (unpaired) electrons. The molecule has 0 spiro atoms. The Morgan fingerprint density at radius 2 is 2.30 bits per heavy atom. The van der Waals surface area contributed by atoms with Gasteiger partial charge in [0.2, 0.25) is 0 Å². The Bertz CT molecular complexity index is 746. The molecular weight excluding hydrogens is 316 g/mol. The Hall–Kier alpha value is -2.61. The van der Waals surface area contributed by atoms with E-state index in [1.54, 1.807) is 18.3 Å². The van der Waals surface area contributed by atoms with Crippen LogP contribution in [-0.4, -0.2) is 44.2 Å². The Labute approximate surface area is 138 Å². The number of benzene rings is 1. The van der Waals surface area contributed by atoms with Gasteiger partial charge in [0.1, 0.15) is 11.8 Å². The summed E-state index contributed by atoms with van der Waals surface area (Å²) in [5.74, 6) is -0.288. The van der Waals surface area contributed by atoms with E-state index >= 15 is 0 Å². The summed E-state index contributed by atoms with van der Waals surface area (Å²) in [6.07, 6.45) is 1.88. The lowest BCUT2D eigenvalue weighted by Crippen LogP contribution is -2.50. The van der Waals surface area contributed by atoms with Crippen molar-refractivity contribution in [3.8, 4) is 5.75 Å². The quantitative estimate of drug-likeness (QED) is 0.736. The van der Waals surface area contributed by atoms with Crippen molar-refractivity contribution in [1.29, 1.82) is 0 Å². The van der Waals surface area contributed by atoms with E-state index in [4.69, 9.17) is 17.0 Å². The summed E-state index contributed by atoms with van der Waals surface area (Å²) in [6.45, 7) is 0.368. The number of para-hydroxylation sites is 2. The average molecular weight is 332 g/mol. The highest BCUT2D eigenvalue weighted by atomic mass is 32.1.